The zero-order valence-electron chi connectivity index (χ0n) is 23.1. The van der Waals surface area contributed by atoms with Crippen LogP contribution in [0.3, 0.4) is 0 Å². The van der Waals surface area contributed by atoms with Crippen LogP contribution in [0.25, 0.3) is 6.08 Å². The van der Waals surface area contributed by atoms with Gasteiger partial charge in [0, 0.05) is 65.2 Å². The minimum atomic E-state index is -0.153. The van der Waals surface area contributed by atoms with Gasteiger partial charge in [-0.25, -0.2) is 0 Å². The molecule has 3 heterocycles. The highest BCUT2D eigenvalue weighted by Crippen LogP contribution is 2.32. The van der Waals surface area contributed by atoms with E-state index in [1.165, 1.54) is 5.57 Å². The number of terminal acetylenes is 1. The number of nitrogens with zero attached hydrogens (tertiary/aromatic N) is 2. The van der Waals surface area contributed by atoms with Gasteiger partial charge >= 0.3 is 0 Å². The Morgan fingerprint density at radius 3 is 2.69 bits per heavy atom. The smallest absolute Gasteiger partial charge is 0.252 e. The van der Waals surface area contributed by atoms with Crippen LogP contribution in [0.2, 0.25) is 0 Å². The standard InChI is InChI=1S/C32H37BrN4O2/c1-6-8-23(7-2)32(39)37-11-9-24(10-12-37)26-14-25-15-27(33)16-28(30(25)18-34-17-26)31(38)35-19-29-20(3)13-21(4)36-22(29)5/h1,13-16,18,23-24,36H,5,7-12,17,19H2,2-4H3,(H,35,38). The second-order valence-electron chi connectivity index (χ2n) is 10.5. The average molecular weight is 590 g/mol. The van der Waals surface area contributed by atoms with Gasteiger partial charge in [0.15, 0.2) is 0 Å². The van der Waals surface area contributed by atoms with Crippen molar-refractivity contribution in [3.63, 3.8) is 0 Å². The number of amides is 2. The van der Waals surface area contributed by atoms with Crippen molar-refractivity contribution in [2.75, 3.05) is 26.2 Å². The molecule has 2 N–H and O–H groups in total. The van der Waals surface area contributed by atoms with Gasteiger partial charge in [0.1, 0.15) is 0 Å². The SMILES string of the molecule is C#CCC(CC)C(=O)N1CCC(C2=Cc3cc(Br)cc(C(=O)NCC4=C(C)C=C(C)NC4=C)c3C=NC2)CC1. The van der Waals surface area contributed by atoms with Gasteiger partial charge in [-0.1, -0.05) is 35.5 Å². The Balaban J connectivity index is 1.49. The van der Waals surface area contributed by atoms with Crippen LogP contribution in [0.5, 0.6) is 0 Å². The summed E-state index contributed by atoms with van der Waals surface area (Å²) in [6.07, 6.45) is 14.6. The number of fused-ring (bicyclic) bond motifs is 1. The van der Waals surface area contributed by atoms with Crippen LogP contribution in [0.4, 0.5) is 0 Å². The van der Waals surface area contributed by atoms with E-state index in [-0.39, 0.29) is 17.7 Å². The second kappa shape index (κ2) is 12.7. The maximum Gasteiger partial charge on any atom is 0.252 e. The molecular weight excluding hydrogens is 552 g/mol. The van der Waals surface area contributed by atoms with E-state index in [2.05, 4.69) is 51.2 Å². The third-order valence-corrected chi connectivity index (χ3v) is 8.30. The van der Waals surface area contributed by atoms with E-state index in [4.69, 9.17) is 11.4 Å². The molecule has 0 bridgehead atoms. The Morgan fingerprint density at radius 1 is 1.28 bits per heavy atom. The van der Waals surface area contributed by atoms with Crippen LogP contribution in [0.1, 0.15) is 67.9 Å². The van der Waals surface area contributed by atoms with Crippen molar-refractivity contribution in [2.24, 2.45) is 16.8 Å². The molecule has 204 valence electrons. The normalized spacial score (nSPS) is 18.3. The van der Waals surface area contributed by atoms with Crippen LogP contribution in [0, 0.1) is 24.2 Å². The van der Waals surface area contributed by atoms with Crippen molar-refractivity contribution in [3.05, 3.63) is 74.1 Å². The van der Waals surface area contributed by atoms with Crippen LogP contribution in [-0.4, -0.2) is 49.1 Å². The highest BCUT2D eigenvalue weighted by Gasteiger charge is 2.29. The predicted molar refractivity (Wildman–Crippen MR) is 162 cm³/mol. The molecule has 0 aliphatic carbocycles. The lowest BCUT2D eigenvalue weighted by Crippen LogP contribution is -2.42. The molecular formula is C32H37BrN4O2. The number of aliphatic imine (C=N–C) groups is 1. The highest BCUT2D eigenvalue weighted by molar-refractivity contribution is 9.10. The first-order valence-corrected chi connectivity index (χ1v) is 14.4. The minimum Gasteiger partial charge on any atom is -0.359 e. The fourth-order valence-electron chi connectivity index (χ4n) is 5.61. The number of carbonyl (C=O) groups excluding carboxylic acids is 2. The largest absolute Gasteiger partial charge is 0.359 e. The molecule has 0 aromatic heterocycles. The summed E-state index contributed by atoms with van der Waals surface area (Å²) in [5, 5.41) is 6.32. The summed E-state index contributed by atoms with van der Waals surface area (Å²) in [6, 6.07) is 3.89. The molecule has 39 heavy (non-hydrogen) atoms. The maximum absolute atomic E-state index is 13.4. The quantitative estimate of drug-likeness (QED) is 0.406. The molecule has 7 heteroatoms. The fraction of sp³-hybridized carbons (Fsp3) is 0.406. The lowest BCUT2D eigenvalue weighted by atomic mass is 9.86. The first-order valence-electron chi connectivity index (χ1n) is 13.6. The second-order valence-corrected chi connectivity index (χ2v) is 11.4. The summed E-state index contributed by atoms with van der Waals surface area (Å²) in [4.78, 5) is 32.9. The number of hydrogen-bond acceptors (Lipinski definition) is 4. The third kappa shape index (κ3) is 6.62. The summed E-state index contributed by atoms with van der Waals surface area (Å²) < 4.78 is 0.842. The Kier molecular flexibility index (Phi) is 9.29. The van der Waals surface area contributed by atoms with Gasteiger partial charge in [-0.05, 0) is 79.5 Å². The van der Waals surface area contributed by atoms with Crippen LogP contribution >= 0.6 is 15.9 Å². The first-order chi connectivity index (χ1) is 18.7. The molecule has 0 spiro atoms. The van der Waals surface area contributed by atoms with Crippen molar-refractivity contribution in [1.82, 2.24) is 15.5 Å². The van der Waals surface area contributed by atoms with Gasteiger partial charge in [-0.2, -0.15) is 0 Å². The van der Waals surface area contributed by atoms with Crippen molar-refractivity contribution >= 4 is 40.0 Å². The van der Waals surface area contributed by atoms with Crippen LogP contribution in [0.15, 0.2) is 62.4 Å². The van der Waals surface area contributed by atoms with Crippen LogP contribution in [-0.2, 0) is 4.79 Å². The van der Waals surface area contributed by atoms with E-state index in [0.29, 0.717) is 31.0 Å². The Bertz CT molecular complexity index is 1340. The zero-order valence-corrected chi connectivity index (χ0v) is 24.7. The van der Waals surface area contributed by atoms with Gasteiger partial charge in [0.2, 0.25) is 5.91 Å². The van der Waals surface area contributed by atoms with E-state index in [0.717, 1.165) is 70.5 Å². The molecule has 1 unspecified atom stereocenters. The van der Waals surface area contributed by atoms with E-state index in [9.17, 15) is 9.59 Å². The molecule has 3 aliphatic rings. The van der Waals surface area contributed by atoms with E-state index >= 15 is 0 Å². The number of carbonyl (C=O) groups is 2. The summed E-state index contributed by atoms with van der Waals surface area (Å²) >= 11 is 3.61. The van der Waals surface area contributed by atoms with Crippen molar-refractivity contribution in [1.29, 1.82) is 0 Å². The maximum atomic E-state index is 13.4. The van der Waals surface area contributed by atoms with E-state index in [1.54, 1.807) is 0 Å². The first kappa shape index (κ1) is 28.6. The van der Waals surface area contributed by atoms with Crippen LogP contribution < -0.4 is 10.6 Å². The number of dihydropyridines is 1. The summed E-state index contributed by atoms with van der Waals surface area (Å²) in [5.74, 6) is 2.93. The molecule has 1 atom stereocenters. The summed E-state index contributed by atoms with van der Waals surface area (Å²) in [6.45, 7) is 12.6. The van der Waals surface area contributed by atoms with E-state index in [1.807, 2.05) is 44.0 Å². The molecule has 1 fully saturated rings. The Hall–Kier alpha value is -3.37. The molecule has 0 radical (unpaired) electrons. The fourth-order valence-corrected chi connectivity index (χ4v) is 6.09. The Morgan fingerprint density at radius 2 is 2.03 bits per heavy atom. The summed E-state index contributed by atoms with van der Waals surface area (Å²) in [7, 11) is 0. The van der Waals surface area contributed by atoms with Gasteiger partial charge in [0.05, 0.1) is 6.54 Å². The molecule has 1 aromatic carbocycles. The number of hydrogen-bond donors (Lipinski definition) is 2. The van der Waals surface area contributed by atoms with Gasteiger partial charge in [-0.15, -0.1) is 12.3 Å². The molecule has 0 saturated carbocycles. The zero-order chi connectivity index (χ0) is 28.1. The average Bonchev–Trinajstić information content (AvgIpc) is 3.12. The molecule has 1 aromatic rings. The molecule has 2 amide bonds. The molecule has 4 rings (SSSR count). The third-order valence-electron chi connectivity index (χ3n) is 7.84. The number of halogens is 1. The lowest BCUT2D eigenvalue weighted by molar-refractivity contribution is -0.136. The number of piperidine rings is 1. The van der Waals surface area contributed by atoms with E-state index < -0.39 is 0 Å². The number of allylic oxidation sites excluding steroid dienone is 3. The number of benzene rings is 1. The Labute approximate surface area is 240 Å². The lowest BCUT2D eigenvalue weighted by Gasteiger charge is -2.34. The van der Waals surface area contributed by atoms with Crippen molar-refractivity contribution < 1.29 is 9.59 Å². The number of nitrogens with one attached hydrogen (secondary N) is 2. The number of rotatable bonds is 7. The van der Waals surface area contributed by atoms with Gasteiger partial charge in [-0.3, -0.25) is 14.6 Å². The van der Waals surface area contributed by atoms with Crippen molar-refractivity contribution in [2.45, 2.75) is 46.5 Å². The predicted octanol–water partition coefficient (Wildman–Crippen LogP) is 5.62. The van der Waals surface area contributed by atoms with Gasteiger partial charge in [0.25, 0.3) is 5.91 Å². The van der Waals surface area contributed by atoms with Crippen molar-refractivity contribution in [3.8, 4) is 12.3 Å². The minimum absolute atomic E-state index is 0.0877. The topological polar surface area (TPSA) is 73.8 Å². The molecule has 1 saturated heterocycles. The monoisotopic (exact) mass is 588 g/mol. The molecule has 3 aliphatic heterocycles. The summed E-state index contributed by atoms with van der Waals surface area (Å²) in [5.41, 5.74) is 7.54. The number of likely N-dealkylation sites (tertiary alicyclic amines) is 1. The van der Waals surface area contributed by atoms with Gasteiger partial charge < -0.3 is 15.5 Å². The highest BCUT2D eigenvalue weighted by atomic mass is 79.9. The molecule has 6 nitrogen and oxygen atoms in total.